The Hall–Kier alpha value is -1.32. The zero-order valence-corrected chi connectivity index (χ0v) is 13.1. The summed E-state index contributed by atoms with van der Waals surface area (Å²) >= 11 is 0. The molecule has 4 aliphatic rings. The number of para-hydroxylation sites is 1. The Labute approximate surface area is 132 Å². The Morgan fingerprint density at radius 3 is 3.09 bits per heavy atom. The number of aliphatic hydroxyl groups is 1. The molecule has 0 aromatic heterocycles. The van der Waals surface area contributed by atoms with Gasteiger partial charge in [0.05, 0.1) is 0 Å². The number of rotatable bonds is 1. The predicted molar refractivity (Wildman–Crippen MR) is 87.9 cm³/mol. The first-order valence-corrected chi connectivity index (χ1v) is 8.65. The predicted octanol–water partition coefficient (Wildman–Crippen LogP) is 2.38. The number of aliphatic hydroxyl groups excluding tert-OH is 1. The van der Waals surface area contributed by atoms with E-state index in [1.165, 1.54) is 30.6 Å². The molecule has 1 aliphatic carbocycles. The zero-order chi connectivity index (χ0) is 14.9. The van der Waals surface area contributed by atoms with Gasteiger partial charge < -0.3 is 10.4 Å². The summed E-state index contributed by atoms with van der Waals surface area (Å²) in [5.41, 5.74) is 4.58. The first-order chi connectivity index (χ1) is 10.8. The summed E-state index contributed by atoms with van der Waals surface area (Å²) < 4.78 is 0. The second kappa shape index (κ2) is 4.36. The molecule has 5 rings (SSSR count). The van der Waals surface area contributed by atoms with Crippen molar-refractivity contribution in [2.45, 2.75) is 37.3 Å². The fourth-order valence-corrected chi connectivity index (χ4v) is 6.13. The van der Waals surface area contributed by atoms with Crippen molar-refractivity contribution in [3.8, 4) is 0 Å². The van der Waals surface area contributed by atoms with Crippen molar-refractivity contribution >= 4 is 5.69 Å². The molecule has 2 N–H and O–H groups in total. The van der Waals surface area contributed by atoms with Gasteiger partial charge in [-0.3, -0.25) is 4.90 Å². The van der Waals surface area contributed by atoms with Crippen molar-refractivity contribution in [3.05, 3.63) is 41.5 Å². The number of hydrogen-bond donors (Lipinski definition) is 2. The minimum atomic E-state index is 0.222. The maximum Gasteiger partial charge on any atom is 0.0484 e. The first kappa shape index (κ1) is 13.1. The molecule has 1 aromatic rings. The van der Waals surface area contributed by atoms with Crippen LogP contribution in [-0.4, -0.2) is 41.8 Å². The molecular formula is C19H24N2O. The van der Waals surface area contributed by atoms with Gasteiger partial charge in [-0.25, -0.2) is 0 Å². The smallest absolute Gasteiger partial charge is 0.0484 e. The van der Waals surface area contributed by atoms with Gasteiger partial charge in [0, 0.05) is 42.3 Å². The van der Waals surface area contributed by atoms with Crippen LogP contribution >= 0.6 is 0 Å². The molecule has 3 heterocycles. The lowest BCUT2D eigenvalue weighted by molar-refractivity contribution is 0.0298. The second-order valence-electron chi connectivity index (χ2n) is 7.50. The summed E-state index contributed by atoms with van der Waals surface area (Å²) in [6.07, 6.45) is 4.75. The fraction of sp³-hybridized carbons (Fsp3) is 0.579. The summed E-state index contributed by atoms with van der Waals surface area (Å²) in [5, 5.41) is 14.0. The van der Waals surface area contributed by atoms with Crippen LogP contribution in [0.3, 0.4) is 0 Å². The number of anilines is 1. The normalized spacial score (nSPS) is 43.8. The van der Waals surface area contributed by atoms with Crippen LogP contribution in [0.1, 0.15) is 25.3 Å². The van der Waals surface area contributed by atoms with Gasteiger partial charge in [0.1, 0.15) is 0 Å². The molecule has 116 valence electrons. The number of hydrogen-bond acceptors (Lipinski definition) is 3. The summed E-state index contributed by atoms with van der Waals surface area (Å²) in [7, 11) is 0. The molecule has 0 radical (unpaired) electrons. The topological polar surface area (TPSA) is 35.5 Å². The Kier molecular flexibility index (Phi) is 2.61. The van der Waals surface area contributed by atoms with E-state index in [0.717, 1.165) is 6.54 Å². The average Bonchev–Trinajstić information content (AvgIpc) is 3.11. The van der Waals surface area contributed by atoms with Gasteiger partial charge in [0.15, 0.2) is 0 Å². The maximum absolute atomic E-state index is 10.2. The Balaban J connectivity index is 1.71. The number of piperidine rings is 1. The number of fused-ring (bicyclic) bond motifs is 2. The van der Waals surface area contributed by atoms with Gasteiger partial charge in [0.25, 0.3) is 0 Å². The quantitative estimate of drug-likeness (QED) is 0.781. The molecule has 22 heavy (non-hydrogen) atoms. The largest absolute Gasteiger partial charge is 0.396 e. The highest BCUT2D eigenvalue weighted by molar-refractivity contribution is 5.65. The lowest BCUT2D eigenvalue weighted by Crippen LogP contribution is -2.62. The standard InChI is InChI=1S/C19H24N2O/c1-2-12-10-21-8-7-19-15-5-3-4-6-16(15)20-18(19)14(11-22)13(12)9-17(19)21/h2-6,13-14,17-18,20,22H,7-11H2,1H3/b12-2+/t13-,14-,17+,18+,19+/m0/s1. The summed E-state index contributed by atoms with van der Waals surface area (Å²) in [6, 6.07) is 9.89. The van der Waals surface area contributed by atoms with Gasteiger partial charge in [0.2, 0.25) is 0 Å². The van der Waals surface area contributed by atoms with Crippen LogP contribution in [0.15, 0.2) is 35.9 Å². The van der Waals surface area contributed by atoms with Crippen LogP contribution < -0.4 is 5.32 Å². The van der Waals surface area contributed by atoms with Crippen LogP contribution in [-0.2, 0) is 5.41 Å². The van der Waals surface area contributed by atoms with Crippen molar-refractivity contribution in [2.24, 2.45) is 11.8 Å². The minimum Gasteiger partial charge on any atom is -0.396 e. The van der Waals surface area contributed by atoms with E-state index < -0.39 is 0 Å². The lowest BCUT2D eigenvalue weighted by atomic mass is 9.56. The van der Waals surface area contributed by atoms with E-state index in [4.69, 9.17) is 0 Å². The Morgan fingerprint density at radius 1 is 1.41 bits per heavy atom. The van der Waals surface area contributed by atoms with Crippen molar-refractivity contribution < 1.29 is 5.11 Å². The van der Waals surface area contributed by atoms with Crippen LogP contribution in [0.25, 0.3) is 0 Å². The molecule has 3 heteroatoms. The number of nitrogens with one attached hydrogen (secondary N) is 1. The molecular weight excluding hydrogens is 272 g/mol. The molecule has 5 atom stereocenters. The van der Waals surface area contributed by atoms with E-state index in [1.54, 1.807) is 5.57 Å². The number of nitrogens with zero attached hydrogens (tertiary/aromatic N) is 1. The molecule has 2 saturated heterocycles. The van der Waals surface area contributed by atoms with Gasteiger partial charge >= 0.3 is 0 Å². The SMILES string of the molecule is C/C=C1\CN2CC[C@]34c5ccccc5N[C@@H]3[C@@H](CO)[C@H]1C[C@@H]24. The molecule has 1 aromatic carbocycles. The number of benzene rings is 1. The third-order valence-corrected chi connectivity index (χ3v) is 7.01. The average molecular weight is 296 g/mol. The molecule has 3 nitrogen and oxygen atoms in total. The highest BCUT2D eigenvalue weighted by Crippen LogP contribution is 2.60. The fourth-order valence-electron chi connectivity index (χ4n) is 6.13. The van der Waals surface area contributed by atoms with Crippen molar-refractivity contribution in [2.75, 3.05) is 25.0 Å². The third kappa shape index (κ3) is 1.35. The molecule has 3 fully saturated rings. The number of allylic oxidation sites excluding steroid dienone is 1. The van der Waals surface area contributed by atoms with Crippen molar-refractivity contribution in [3.63, 3.8) is 0 Å². The highest BCUT2D eigenvalue weighted by atomic mass is 16.3. The molecule has 1 spiro atoms. The van der Waals surface area contributed by atoms with Gasteiger partial charge in [-0.1, -0.05) is 29.8 Å². The van der Waals surface area contributed by atoms with Crippen LogP contribution in [0.2, 0.25) is 0 Å². The van der Waals surface area contributed by atoms with Gasteiger partial charge in [-0.05, 0) is 43.9 Å². The third-order valence-electron chi connectivity index (χ3n) is 7.01. The monoisotopic (exact) mass is 296 g/mol. The van der Waals surface area contributed by atoms with E-state index in [9.17, 15) is 5.11 Å². The lowest BCUT2D eigenvalue weighted by Gasteiger charge is -2.54. The van der Waals surface area contributed by atoms with Crippen LogP contribution in [0, 0.1) is 11.8 Å². The molecule has 1 saturated carbocycles. The van der Waals surface area contributed by atoms with Gasteiger partial charge in [-0.15, -0.1) is 0 Å². The van der Waals surface area contributed by atoms with Crippen LogP contribution in [0.5, 0.6) is 0 Å². The summed E-state index contributed by atoms with van der Waals surface area (Å²) in [4.78, 5) is 2.70. The van der Waals surface area contributed by atoms with E-state index in [2.05, 4.69) is 47.5 Å². The van der Waals surface area contributed by atoms with E-state index in [-0.39, 0.29) is 5.41 Å². The van der Waals surface area contributed by atoms with Crippen LogP contribution in [0.4, 0.5) is 5.69 Å². The van der Waals surface area contributed by atoms with Gasteiger partial charge in [-0.2, -0.15) is 0 Å². The Bertz CT molecular complexity index is 655. The minimum absolute atomic E-state index is 0.222. The van der Waals surface area contributed by atoms with E-state index >= 15 is 0 Å². The van der Waals surface area contributed by atoms with E-state index in [0.29, 0.717) is 30.5 Å². The first-order valence-electron chi connectivity index (χ1n) is 8.65. The van der Waals surface area contributed by atoms with Crippen molar-refractivity contribution in [1.82, 2.24) is 4.90 Å². The van der Waals surface area contributed by atoms with Crippen molar-refractivity contribution in [1.29, 1.82) is 0 Å². The molecule has 2 bridgehead atoms. The van der Waals surface area contributed by atoms with E-state index in [1.807, 2.05) is 0 Å². The summed E-state index contributed by atoms with van der Waals surface area (Å²) in [6.45, 7) is 4.76. The molecule has 0 unspecified atom stereocenters. The molecule has 3 aliphatic heterocycles. The zero-order valence-electron chi connectivity index (χ0n) is 13.1. The maximum atomic E-state index is 10.2. The highest BCUT2D eigenvalue weighted by Gasteiger charge is 2.64. The second-order valence-corrected chi connectivity index (χ2v) is 7.50. The Morgan fingerprint density at radius 2 is 2.27 bits per heavy atom. The molecule has 0 amide bonds. The summed E-state index contributed by atoms with van der Waals surface area (Å²) in [5.74, 6) is 0.893.